The summed E-state index contributed by atoms with van der Waals surface area (Å²) in [5.41, 5.74) is 0.683. The average molecular weight is 349 g/mol. The Morgan fingerprint density at radius 1 is 1.36 bits per heavy atom. The molecular formula is C12H8ClF3N4OS. The van der Waals surface area contributed by atoms with E-state index in [4.69, 9.17) is 11.6 Å². The van der Waals surface area contributed by atoms with Crippen LogP contribution in [0.3, 0.4) is 0 Å². The topological polar surface area (TPSA) is 62.7 Å². The highest BCUT2D eigenvalue weighted by Crippen LogP contribution is 2.26. The lowest BCUT2D eigenvalue weighted by Crippen LogP contribution is -2.16. The van der Waals surface area contributed by atoms with Crippen molar-refractivity contribution in [1.82, 2.24) is 14.8 Å². The molecule has 1 atom stereocenters. The van der Waals surface area contributed by atoms with Crippen molar-refractivity contribution in [2.24, 2.45) is 0 Å². The van der Waals surface area contributed by atoms with Gasteiger partial charge in [-0.2, -0.15) is 9.78 Å². The number of hydrogen-bond donors (Lipinski definition) is 2. The Bertz CT molecular complexity index is 858. The van der Waals surface area contributed by atoms with Gasteiger partial charge in [0.15, 0.2) is 11.0 Å². The SMILES string of the molecule is O=S(Nc1cnn(C(F)(F)F)c1)c1c[nH]c2cc(Cl)ccc12. The molecule has 3 rings (SSSR count). The molecule has 0 saturated heterocycles. The zero-order valence-corrected chi connectivity index (χ0v) is 12.3. The molecule has 2 heterocycles. The lowest BCUT2D eigenvalue weighted by atomic mass is 10.2. The van der Waals surface area contributed by atoms with Crippen LogP contribution in [0.1, 0.15) is 0 Å². The van der Waals surface area contributed by atoms with E-state index in [1.807, 2.05) is 0 Å². The maximum Gasteiger partial charge on any atom is 0.504 e. The van der Waals surface area contributed by atoms with E-state index < -0.39 is 17.3 Å². The Morgan fingerprint density at radius 3 is 2.82 bits per heavy atom. The number of fused-ring (bicyclic) bond motifs is 1. The van der Waals surface area contributed by atoms with Crippen molar-refractivity contribution in [2.75, 3.05) is 4.72 Å². The smallest absolute Gasteiger partial charge is 0.360 e. The summed E-state index contributed by atoms with van der Waals surface area (Å²) in [4.78, 5) is 3.32. The molecular weight excluding hydrogens is 341 g/mol. The van der Waals surface area contributed by atoms with Gasteiger partial charge in [-0.25, -0.2) is 4.21 Å². The van der Waals surface area contributed by atoms with Crippen LogP contribution in [0.4, 0.5) is 18.9 Å². The van der Waals surface area contributed by atoms with E-state index in [2.05, 4.69) is 14.8 Å². The van der Waals surface area contributed by atoms with E-state index in [1.165, 1.54) is 6.20 Å². The minimum Gasteiger partial charge on any atom is -0.360 e. The summed E-state index contributed by atoms with van der Waals surface area (Å²) in [6, 6.07) is 4.99. The van der Waals surface area contributed by atoms with Gasteiger partial charge in [-0.05, 0) is 12.1 Å². The summed E-state index contributed by atoms with van der Waals surface area (Å²) in [5.74, 6) is 0. The van der Waals surface area contributed by atoms with Gasteiger partial charge in [-0.15, -0.1) is 13.2 Å². The van der Waals surface area contributed by atoms with Gasteiger partial charge >= 0.3 is 6.30 Å². The number of aromatic nitrogens is 3. The number of alkyl halides is 3. The minimum absolute atomic E-state index is 0.000952. The van der Waals surface area contributed by atoms with Crippen molar-refractivity contribution in [3.05, 3.63) is 41.8 Å². The normalized spacial score (nSPS) is 13.5. The van der Waals surface area contributed by atoms with Crippen LogP contribution in [-0.2, 0) is 17.3 Å². The van der Waals surface area contributed by atoms with Crippen molar-refractivity contribution in [2.45, 2.75) is 11.2 Å². The molecule has 0 aliphatic heterocycles. The molecule has 0 aliphatic rings. The maximum atomic E-state index is 12.4. The van der Waals surface area contributed by atoms with Crippen LogP contribution in [0.5, 0.6) is 0 Å². The third-order valence-electron chi connectivity index (χ3n) is 2.86. The standard InChI is InChI=1S/C12H8ClF3N4OS/c13-7-1-2-9-10(3-7)17-5-11(9)22(21)19-8-4-18-20(6-8)12(14,15)16/h1-6,17,19H. The van der Waals surface area contributed by atoms with E-state index in [0.717, 1.165) is 12.4 Å². The van der Waals surface area contributed by atoms with Crippen molar-refractivity contribution in [3.8, 4) is 0 Å². The molecule has 1 aromatic carbocycles. The number of rotatable bonds is 3. The first-order valence-electron chi connectivity index (χ1n) is 5.91. The summed E-state index contributed by atoms with van der Waals surface area (Å²) >= 11 is 5.85. The highest BCUT2D eigenvalue weighted by molar-refractivity contribution is 7.86. The fraction of sp³-hybridized carbons (Fsp3) is 0.0833. The summed E-state index contributed by atoms with van der Waals surface area (Å²) in [5, 5.41) is 4.35. The Morgan fingerprint density at radius 2 is 2.14 bits per heavy atom. The molecule has 22 heavy (non-hydrogen) atoms. The Labute approximate surface area is 129 Å². The minimum atomic E-state index is -4.61. The third kappa shape index (κ3) is 2.81. The number of nitrogens with one attached hydrogen (secondary N) is 2. The second-order valence-corrected chi connectivity index (χ2v) is 5.97. The van der Waals surface area contributed by atoms with Gasteiger partial charge in [0.25, 0.3) is 0 Å². The molecule has 0 fully saturated rings. The first-order valence-corrected chi connectivity index (χ1v) is 7.44. The van der Waals surface area contributed by atoms with Gasteiger partial charge in [-0.1, -0.05) is 17.7 Å². The number of aromatic amines is 1. The van der Waals surface area contributed by atoms with Crippen LogP contribution in [0.2, 0.25) is 5.02 Å². The summed E-state index contributed by atoms with van der Waals surface area (Å²) in [6.45, 7) is 0. The van der Waals surface area contributed by atoms with E-state index >= 15 is 0 Å². The number of anilines is 1. The van der Waals surface area contributed by atoms with Crippen LogP contribution in [-0.4, -0.2) is 19.0 Å². The van der Waals surface area contributed by atoms with Crippen molar-refractivity contribution in [3.63, 3.8) is 0 Å². The Hall–Kier alpha value is -2.00. The van der Waals surface area contributed by atoms with Gasteiger partial charge in [0.05, 0.1) is 23.0 Å². The summed E-state index contributed by atoms with van der Waals surface area (Å²) in [6.07, 6.45) is -1.42. The fourth-order valence-electron chi connectivity index (χ4n) is 1.90. The number of hydrogen-bond acceptors (Lipinski definition) is 2. The van der Waals surface area contributed by atoms with E-state index in [-0.39, 0.29) is 10.4 Å². The predicted octanol–water partition coefficient (Wildman–Crippen LogP) is 3.63. The average Bonchev–Trinajstić information content (AvgIpc) is 3.03. The second kappa shape index (κ2) is 5.33. The van der Waals surface area contributed by atoms with E-state index in [0.29, 0.717) is 20.8 Å². The molecule has 0 bridgehead atoms. The molecule has 0 saturated carbocycles. The number of benzene rings is 1. The first-order chi connectivity index (χ1) is 10.3. The van der Waals surface area contributed by atoms with Crippen molar-refractivity contribution in [1.29, 1.82) is 0 Å². The summed E-state index contributed by atoms with van der Waals surface area (Å²) in [7, 11) is -1.74. The van der Waals surface area contributed by atoms with Crippen LogP contribution >= 0.6 is 11.6 Å². The number of halogens is 4. The van der Waals surface area contributed by atoms with Gasteiger partial charge in [0, 0.05) is 22.1 Å². The largest absolute Gasteiger partial charge is 0.504 e. The molecule has 1 unspecified atom stereocenters. The van der Waals surface area contributed by atoms with Crippen LogP contribution in [0.25, 0.3) is 10.9 Å². The first kappa shape index (κ1) is 14.9. The second-order valence-electron chi connectivity index (χ2n) is 4.36. The van der Waals surface area contributed by atoms with Crippen LogP contribution in [0, 0.1) is 0 Å². The Kier molecular flexibility index (Phi) is 3.61. The fourth-order valence-corrected chi connectivity index (χ4v) is 3.05. The van der Waals surface area contributed by atoms with Crippen LogP contribution in [0.15, 0.2) is 41.7 Å². The molecule has 0 spiro atoms. The lowest BCUT2D eigenvalue weighted by molar-refractivity contribution is -0.212. The van der Waals surface area contributed by atoms with Crippen molar-refractivity contribution >= 4 is 39.2 Å². The van der Waals surface area contributed by atoms with Gasteiger partial charge in [0.1, 0.15) is 0 Å². The molecule has 0 amide bonds. The molecule has 2 N–H and O–H groups in total. The zero-order valence-electron chi connectivity index (χ0n) is 10.7. The lowest BCUT2D eigenvalue weighted by Gasteiger charge is -2.04. The van der Waals surface area contributed by atoms with E-state index in [1.54, 1.807) is 18.2 Å². The van der Waals surface area contributed by atoms with Crippen LogP contribution < -0.4 is 4.72 Å². The van der Waals surface area contributed by atoms with Gasteiger partial charge < -0.3 is 4.98 Å². The summed E-state index contributed by atoms with van der Waals surface area (Å²) < 4.78 is 51.9. The molecule has 116 valence electrons. The van der Waals surface area contributed by atoms with Gasteiger partial charge in [-0.3, -0.25) is 4.72 Å². The molecule has 2 aromatic heterocycles. The number of H-pyrrole nitrogens is 1. The highest BCUT2D eigenvalue weighted by atomic mass is 35.5. The Balaban J connectivity index is 1.86. The van der Waals surface area contributed by atoms with E-state index in [9.17, 15) is 17.4 Å². The van der Waals surface area contributed by atoms with Crippen molar-refractivity contribution < 1.29 is 17.4 Å². The van der Waals surface area contributed by atoms with Gasteiger partial charge in [0.2, 0.25) is 0 Å². The monoisotopic (exact) mass is 348 g/mol. The maximum absolute atomic E-state index is 12.4. The molecule has 0 aliphatic carbocycles. The molecule has 3 aromatic rings. The predicted molar refractivity (Wildman–Crippen MR) is 76.9 cm³/mol. The molecule has 10 heteroatoms. The highest BCUT2D eigenvalue weighted by Gasteiger charge is 2.31. The quantitative estimate of drug-likeness (QED) is 0.759. The number of nitrogens with zero attached hydrogens (tertiary/aromatic N) is 2. The zero-order chi connectivity index (χ0) is 15.9. The molecule has 5 nitrogen and oxygen atoms in total. The third-order valence-corrected chi connectivity index (χ3v) is 4.25. The molecule has 0 radical (unpaired) electrons.